The number of benzene rings is 2. The highest BCUT2D eigenvalue weighted by Crippen LogP contribution is 2.48. The zero-order valence-electron chi connectivity index (χ0n) is 17.5. The number of rotatable bonds is 4. The van der Waals surface area contributed by atoms with Crippen molar-refractivity contribution in [2.45, 2.75) is 71.6 Å². The minimum absolute atomic E-state index is 0.589. The van der Waals surface area contributed by atoms with Crippen molar-refractivity contribution in [3.63, 3.8) is 0 Å². The Kier molecular flexibility index (Phi) is 5.26. The molecular weight excluding hydrogens is 324 g/mol. The molecule has 5 rings (SSSR count). The summed E-state index contributed by atoms with van der Waals surface area (Å²) in [6, 6.07) is 18.8. The van der Waals surface area contributed by atoms with Gasteiger partial charge in [-0.25, -0.2) is 0 Å². The van der Waals surface area contributed by atoms with Gasteiger partial charge in [-0.05, 0) is 83.6 Å². The molecule has 0 nitrogen and oxygen atoms in total. The summed E-state index contributed by atoms with van der Waals surface area (Å²) in [7, 11) is 0. The van der Waals surface area contributed by atoms with E-state index in [9.17, 15) is 0 Å². The molecule has 2 aromatic rings. The Morgan fingerprint density at radius 2 is 1.11 bits per heavy atom. The summed E-state index contributed by atoms with van der Waals surface area (Å²) in [6.07, 6.45) is 7.01. The second-order valence-electron chi connectivity index (χ2n) is 9.38. The van der Waals surface area contributed by atoms with Gasteiger partial charge in [0.25, 0.3) is 0 Å². The van der Waals surface area contributed by atoms with Crippen molar-refractivity contribution in [2.24, 2.45) is 11.8 Å². The molecule has 0 saturated heterocycles. The Balaban J connectivity index is 1.80. The van der Waals surface area contributed by atoms with E-state index in [2.05, 4.69) is 76.2 Å². The molecule has 2 aromatic carbocycles. The molecule has 3 aliphatic rings. The molecule has 2 bridgehead atoms. The lowest BCUT2D eigenvalue weighted by Crippen LogP contribution is -2.25. The van der Waals surface area contributed by atoms with Crippen LogP contribution in [0.3, 0.4) is 0 Å². The number of fused-ring (bicyclic) bond motifs is 3. The Bertz CT molecular complexity index is 741. The third-order valence-corrected chi connectivity index (χ3v) is 6.90. The van der Waals surface area contributed by atoms with Crippen molar-refractivity contribution < 1.29 is 0 Å². The first-order valence-electron chi connectivity index (χ1n) is 11.0. The van der Waals surface area contributed by atoms with Crippen LogP contribution in [0.2, 0.25) is 0 Å². The molecule has 3 aliphatic carbocycles. The lowest BCUT2D eigenvalue weighted by Gasteiger charge is -2.40. The van der Waals surface area contributed by atoms with Gasteiger partial charge < -0.3 is 0 Å². The topological polar surface area (TPSA) is 0 Å². The maximum atomic E-state index is 2.37. The highest BCUT2D eigenvalue weighted by Gasteiger charge is 2.33. The van der Waals surface area contributed by atoms with Gasteiger partial charge in [-0.3, -0.25) is 0 Å². The van der Waals surface area contributed by atoms with Crippen LogP contribution in [0.25, 0.3) is 5.57 Å². The van der Waals surface area contributed by atoms with Crippen molar-refractivity contribution in [1.29, 1.82) is 0 Å². The normalized spacial score (nSPS) is 21.9. The van der Waals surface area contributed by atoms with E-state index in [0.717, 1.165) is 11.8 Å². The summed E-state index contributed by atoms with van der Waals surface area (Å²) in [5.74, 6) is 2.90. The Hall–Kier alpha value is -1.82. The first kappa shape index (κ1) is 18.5. The molecule has 142 valence electrons. The van der Waals surface area contributed by atoms with Gasteiger partial charge in [0.15, 0.2) is 0 Å². The van der Waals surface area contributed by atoms with Crippen molar-refractivity contribution in [3.8, 4) is 0 Å². The third kappa shape index (κ3) is 3.77. The maximum absolute atomic E-state index is 2.37. The lowest BCUT2D eigenvalue weighted by molar-refractivity contribution is 0.240. The molecule has 0 aromatic heterocycles. The smallest absolute Gasteiger partial charge is 0.0116 e. The second kappa shape index (κ2) is 7.66. The summed E-state index contributed by atoms with van der Waals surface area (Å²) < 4.78 is 0. The first-order valence-corrected chi connectivity index (χ1v) is 11.0. The first-order chi connectivity index (χ1) is 13.0. The van der Waals surface area contributed by atoms with E-state index in [4.69, 9.17) is 0 Å². The molecule has 0 unspecified atom stereocenters. The van der Waals surface area contributed by atoms with Gasteiger partial charge in [0.05, 0.1) is 0 Å². The van der Waals surface area contributed by atoms with Gasteiger partial charge in [0.2, 0.25) is 0 Å². The molecule has 3 saturated carbocycles. The molecule has 0 amide bonds. The molecule has 27 heavy (non-hydrogen) atoms. The van der Waals surface area contributed by atoms with E-state index >= 15 is 0 Å². The molecule has 3 fully saturated rings. The average Bonchev–Trinajstić information content (AvgIpc) is 2.70. The summed E-state index contributed by atoms with van der Waals surface area (Å²) >= 11 is 0. The van der Waals surface area contributed by atoms with Gasteiger partial charge >= 0.3 is 0 Å². The van der Waals surface area contributed by atoms with Gasteiger partial charge in [-0.15, -0.1) is 0 Å². The standard InChI is InChI=1S/C27H34/c1-18(2)21-9-13-24(14-10-21)27(25-15-11-22(12-16-25)19(3)4)26-17-20-5-7-23(26)8-6-20/h9-16,18-20,23H,5-8,17H2,1-4H3. The summed E-state index contributed by atoms with van der Waals surface area (Å²) in [5, 5.41) is 0. The molecule has 0 heterocycles. The van der Waals surface area contributed by atoms with Crippen molar-refractivity contribution in [3.05, 3.63) is 76.4 Å². The fourth-order valence-corrected chi connectivity index (χ4v) is 5.11. The molecule has 0 atom stereocenters. The van der Waals surface area contributed by atoms with Crippen LogP contribution in [-0.2, 0) is 0 Å². The fraction of sp³-hybridized carbons (Fsp3) is 0.481. The van der Waals surface area contributed by atoms with Crippen LogP contribution in [-0.4, -0.2) is 0 Å². The van der Waals surface area contributed by atoms with E-state index < -0.39 is 0 Å². The summed E-state index contributed by atoms with van der Waals surface area (Å²) in [4.78, 5) is 0. The van der Waals surface area contributed by atoms with Gasteiger partial charge in [0.1, 0.15) is 0 Å². The van der Waals surface area contributed by atoms with Crippen molar-refractivity contribution in [2.75, 3.05) is 0 Å². The highest BCUT2D eigenvalue weighted by molar-refractivity contribution is 5.83. The van der Waals surface area contributed by atoms with Gasteiger partial charge in [-0.2, -0.15) is 0 Å². The molecular formula is C27H34. The molecule has 0 heteroatoms. The number of allylic oxidation sites excluding steroid dienone is 1. The van der Waals surface area contributed by atoms with E-state index in [-0.39, 0.29) is 0 Å². The monoisotopic (exact) mass is 358 g/mol. The Morgan fingerprint density at radius 3 is 1.44 bits per heavy atom. The van der Waals surface area contributed by atoms with Crippen LogP contribution in [0, 0.1) is 11.8 Å². The number of hydrogen-bond donors (Lipinski definition) is 0. The van der Waals surface area contributed by atoms with E-state index in [1.165, 1.54) is 59.9 Å². The second-order valence-corrected chi connectivity index (χ2v) is 9.38. The van der Waals surface area contributed by atoms with Crippen molar-refractivity contribution >= 4 is 5.57 Å². The molecule has 0 N–H and O–H groups in total. The van der Waals surface area contributed by atoms with Crippen LogP contribution in [0.15, 0.2) is 54.1 Å². The van der Waals surface area contributed by atoms with Crippen molar-refractivity contribution in [1.82, 2.24) is 0 Å². The fourth-order valence-electron chi connectivity index (χ4n) is 5.11. The van der Waals surface area contributed by atoms with Crippen LogP contribution in [0.1, 0.15) is 93.9 Å². The summed E-state index contributed by atoms with van der Waals surface area (Å²) in [6.45, 7) is 9.11. The van der Waals surface area contributed by atoms with E-state index in [1.54, 1.807) is 5.57 Å². The zero-order chi connectivity index (χ0) is 19.0. The number of hydrogen-bond acceptors (Lipinski definition) is 0. The molecule has 0 spiro atoms. The maximum Gasteiger partial charge on any atom is -0.0116 e. The lowest BCUT2D eigenvalue weighted by atomic mass is 9.65. The van der Waals surface area contributed by atoms with Crippen LogP contribution >= 0.6 is 0 Å². The quantitative estimate of drug-likeness (QED) is 0.520. The largest absolute Gasteiger partial charge is 0.0587 e. The van der Waals surface area contributed by atoms with Gasteiger partial charge in [-0.1, -0.05) is 81.8 Å². The van der Waals surface area contributed by atoms with Crippen LogP contribution < -0.4 is 0 Å². The minimum Gasteiger partial charge on any atom is -0.0587 e. The Labute approximate surface area is 165 Å². The molecule has 0 radical (unpaired) electrons. The predicted octanol–water partition coefficient (Wildman–Crippen LogP) is 7.95. The SMILES string of the molecule is CC(C)c1ccc(C(=C2CC3CCC2CC3)c2ccc(C(C)C)cc2)cc1. The highest BCUT2D eigenvalue weighted by atomic mass is 14.4. The van der Waals surface area contributed by atoms with Crippen LogP contribution in [0.5, 0.6) is 0 Å². The van der Waals surface area contributed by atoms with Gasteiger partial charge in [0, 0.05) is 0 Å². The van der Waals surface area contributed by atoms with E-state index in [0.29, 0.717) is 11.8 Å². The zero-order valence-corrected chi connectivity index (χ0v) is 17.5. The molecule has 0 aliphatic heterocycles. The third-order valence-electron chi connectivity index (χ3n) is 6.90. The predicted molar refractivity (Wildman–Crippen MR) is 117 cm³/mol. The minimum atomic E-state index is 0.589. The van der Waals surface area contributed by atoms with Crippen LogP contribution in [0.4, 0.5) is 0 Å². The Morgan fingerprint density at radius 1 is 0.667 bits per heavy atom. The average molecular weight is 359 g/mol. The summed E-state index contributed by atoms with van der Waals surface area (Å²) in [5.41, 5.74) is 8.98. The van der Waals surface area contributed by atoms with E-state index in [1.807, 2.05) is 0 Å².